The van der Waals surface area contributed by atoms with E-state index >= 15 is 0 Å². The van der Waals surface area contributed by atoms with Gasteiger partial charge in [0.15, 0.2) is 0 Å². The van der Waals surface area contributed by atoms with Crippen LogP contribution in [0.5, 0.6) is 0 Å². The van der Waals surface area contributed by atoms with Gasteiger partial charge in [-0.2, -0.15) is 0 Å². The van der Waals surface area contributed by atoms with Gasteiger partial charge in [0, 0.05) is 0 Å². The van der Waals surface area contributed by atoms with Crippen LogP contribution >= 0.6 is 0 Å². The van der Waals surface area contributed by atoms with Gasteiger partial charge in [0.25, 0.3) is 0 Å². The summed E-state index contributed by atoms with van der Waals surface area (Å²) < 4.78 is 18.7. The first-order chi connectivity index (χ1) is 10.1. The molecular weight excluding hydrogens is 267 g/mol. The number of benzene rings is 1. The highest BCUT2D eigenvalue weighted by atomic mass is 19.1. The number of carbonyl (C=O) groups excluding carboxylic acids is 1. The van der Waals surface area contributed by atoms with Crippen LogP contribution in [0.3, 0.4) is 0 Å². The van der Waals surface area contributed by atoms with Gasteiger partial charge in [-0.15, -0.1) is 0 Å². The van der Waals surface area contributed by atoms with Gasteiger partial charge in [0.05, 0.1) is 5.41 Å². The fourth-order valence-corrected chi connectivity index (χ4v) is 5.29. The highest BCUT2D eigenvalue weighted by Crippen LogP contribution is 2.60. The molecule has 0 atom stereocenters. The topological polar surface area (TPSA) is 26.3 Å². The van der Waals surface area contributed by atoms with Gasteiger partial charge in [0.1, 0.15) is 12.4 Å². The molecule has 0 aromatic heterocycles. The summed E-state index contributed by atoms with van der Waals surface area (Å²) in [6.45, 7) is 0.193. The van der Waals surface area contributed by atoms with Crippen molar-refractivity contribution in [3.8, 4) is 0 Å². The van der Waals surface area contributed by atoms with Crippen molar-refractivity contribution in [1.29, 1.82) is 0 Å². The first-order valence-corrected chi connectivity index (χ1v) is 8.05. The monoisotopic (exact) mass is 288 g/mol. The second-order valence-electron chi connectivity index (χ2n) is 7.40. The zero-order valence-corrected chi connectivity index (χ0v) is 12.2. The molecule has 5 rings (SSSR count). The molecule has 2 nitrogen and oxygen atoms in total. The number of halogens is 1. The van der Waals surface area contributed by atoms with Crippen LogP contribution in [0.4, 0.5) is 4.39 Å². The van der Waals surface area contributed by atoms with Crippen molar-refractivity contribution >= 4 is 5.97 Å². The second kappa shape index (κ2) is 4.82. The predicted molar refractivity (Wildman–Crippen MR) is 76.8 cm³/mol. The molecule has 4 aliphatic rings. The number of rotatable bonds is 3. The fraction of sp³-hybridized carbons (Fsp3) is 0.611. The Morgan fingerprint density at radius 2 is 1.76 bits per heavy atom. The van der Waals surface area contributed by atoms with E-state index in [1.807, 2.05) is 0 Å². The predicted octanol–water partition coefficient (Wildman–Crippen LogP) is 4.09. The number of hydrogen-bond donors (Lipinski definition) is 0. The normalized spacial score (nSPS) is 36.7. The van der Waals surface area contributed by atoms with Crippen molar-refractivity contribution in [3.05, 3.63) is 35.6 Å². The van der Waals surface area contributed by atoms with Gasteiger partial charge in [-0.25, -0.2) is 4.39 Å². The van der Waals surface area contributed by atoms with Gasteiger partial charge >= 0.3 is 5.97 Å². The van der Waals surface area contributed by atoms with Gasteiger partial charge < -0.3 is 4.74 Å². The van der Waals surface area contributed by atoms with Crippen molar-refractivity contribution in [1.82, 2.24) is 0 Å². The summed E-state index contributed by atoms with van der Waals surface area (Å²) in [6.07, 6.45) is 6.99. The number of ether oxygens (including phenoxy) is 1. The molecule has 4 fully saturated rings. The maximum absolute atomic E-state index is 13.2. The third-order valence-corrected chi connectivity index (χ3v) is 5.73. The lowest BCUT2D eigenvalue weighted by Gasteiger charge is -2.55. The highest BCUT2D eigenvalue weighted by Gasteiger charge is 2.55. The maximum atomic E-state index is 13.2. The van der Waals surface area contributed by atoms with Crippen LogP contribution in [0.2, 0.25) is 0 Å². The average Bonchev–Trinajstić information content (AvgIpc) is 2.43. The molecular formula is C18H21FO2. The lowest BCUT2D eigenvalue weighted by atomic mass is 9.49. The Morgan fingerprint density at radius 3 is 2.33 bits per heavy atom. The summed E-state index contributed by atoms with van der Waals surface area (Å²) >= 11 is 0. The van der Waals surface area contributed by atoms with Crippen molar-refractivity contribution in [3.63, 3.8) is 0 Å². The van der Waals surface area contributed by atoms with Gasteiger partial charge in [-0.3, -0.25) is 4.79 Å². The van der Waals surface area contributed by atoms with Crippen LogP contribution in [0.15, 0.2) is 24.3 Å². The lowest BCUT2D eigenvalue weighted by Crippen LogP contribution is -2.50. The molecule has 3 heteroatoms. The molecule has 4 bridgehead atoms. The Morgan fingerprint density at radius 1 is 1.14 bits per heavy atom. The van der Waals surface area contributed by atoms with Crippen LogP contribution in [-0.2, 0) is 16.1 Å². The lowest BCUT2D eigenvalue weighted by molar-refractivity contribution is -0.173. The van der Waals surface area contributed by atoms with Crippen LogP contribution < -0.4 is 0 Å². The molecule has 4 saturated carbocycles. The number of esters is 1. The van der Waals surface area contributed by atoms with E-state index in [1.54, 1.807) is 12.1 Å². The smallest absolute Gasteiger partial charge is 0.312 e. The molecule has 21 heavy (non-hydrogen) atoms. The standard InChI is InChI=1S/C18H21FO2/c19-16-3-1-2-12(7-16)11-21-17(20)18-8-13-4-14(9-18)6-15(5-13)10-18/h1-3,7,13-15H,4-6,8-11H2. The Hall–Kier alpha value is -1.38. The van der Waals surface area contributed by atoms with Crippen molar-refractivity contribution in [2.24, 2.45) is 23.2 Å². The van der Waals surface area contributed by atoms with E-state index in [-0.39, 0.29) is 23.8 Å². The first-order valence-electron chi connectivity index (χ1n) is 8.05. The minimum atomic E-state index is -0.279. The number of hydrogen-bond acceptors (Lipinski definition) is 2. The summed E-state index contributed by atoms with van der Waals surface area (Å²) in [5.74, 6) is 1.89. The molecule has 0 spiro atoms. The third kappa shape index (κ3) is 2.37. The Kier molecular flexibility index (Phi) is 3.05. The summed E-state index contributed by atoms with van der Waals surface area (Å²) in [7, 11) is 0. The zero-order valence-electron chi connectivity index (χ0n) is 12.2. The van der Waals surface area contributed by atoms with E-state index in [4.69, 9.17) is 4.74 Å². The van der Waals surface area contributed by atoms with E-state index in [1.165, 1.54) is 31.4 Å². The second-order valence-corrected chi connectivity index (χ2v) is 7.40. The van der Waals surface area contributed by atoms with Gasteiger partial charge in [0.2, 0.25) is 0 Å². The molecule has 0 saturated heterocycles. The van der Waals surface area contributed by atoms with Crippen LogP contribution in [-0.4, -0.2) is 5.97 Å². The summed E-state index contributed by atoms with van der Waals surface area (Å²) in [6, 6.07) is 6.30. The molecule has 0 unspecified atom stereocenters. The summed E-state index contributed by atoms with van der Waals surface area (Å²) in [4.78, 5) is 12.6. The Labute approximate surface area is 124 Å². The molecule has 112 valence electrons. The van der Waals surface area contributed by atoms with E-state index in [0.29, 0.717) is 0 Å². The molecule has 0 amide bonds. The van der Waals surface area contributed by atoms with E-state index in [9.17, 15) is 9.18 Å². The maximum Gasteiger partial charge on any atom is 0.312 e. The van der Waals surface area contributed by atoms with Gasteiger partial charge in [-0.1, -0.05) is 12.1 Å². The average molecular weight is 288 g/mol. The van der Waals surface area contributed by atoms with E-state index in [2.05, 4.69) is 0 Å². The molecule has 0 heterocycles. The summed E-state index contributed by atoms with van der Waals surface area (Å²) in [5, 5.41) is 0. The quantitative estimate of drug-likeness (QED) is 0.783. The van der Waals surface area contributed by atoms with Crippen LogP contribution in [0.25, 0.3) is 0 Å². The van der Waals surface area contributed by atoms with E-state index in [0.717, 1.165) is 42.6 Å². The summed E-state index contributed by atoms with van der Waals surface area (Å²) in [5.41, 5.74) is 0.510. The minimum absolute atomic E-state index is 0.0362. The van der Waals surface area contributed by atoms with E-state index < -0.39 is 0 Å². The van der Waals surface area contributed by atoms with Crippen molar-refractivity contribution in [2.75, 3.05) is 0 Å². The largest absolute Gasteiger partial charge is 0.460 e. The molecule has 0 radical (unpaired) electrons. The van der Waals surface area contributed by atoms with Gasteiger partial charge in [-0.05, 0) is 74.0 Å². The SMILES string of the molecule is O=C(OCc1cccc(F)c1)C12CC3CC(CC(C3)C1)C2. The molecule has 1 aromatic carbocycles. The highest BCUT2D eigenvalue weighted by molar-refractivity contribution is 5.77. The molecule has 4 aliphatic carbocycles. The minimum Gasteiger partial charge on any atom is -0.460 e. The van der Waals surface area contributed by atoms with Crippen LogP contribution in [0.1, 0.15) is 44.1 Å². The Bertz CT molecular complexity index is 531. The van der Waals surface area contributed by atoms with Crippen LogP contribution in [0, 0.1) is 29.0 Å². The molecule has 1 aromatic rings. The molecule has 0 aliphatic heterocycles. The zero-order chi connectivity index (χ0) is 14.4. The Balaban J connectivity index is 1.45. The third-order valence-electron chi connectivity index (χ3n) is 5.73. The fourth-order valence-electron chi connectivity index (χ4n) is 5.29. The number of carbonyl (C=O) groups is 1. The van der Waals surface area contributed by atoms with Crippen molar-refractivity contribution in [2.45, 2.75) is 45.1 Å². The van der Waals surface area contributed by atoms with Crippen molar-refractivity contribution < 1.29 is 13.9 Å². The molecule has 0 N–H and O–H groups in total. The first kappa shape index (κ1) is 13.3.